The molecule has 0 saturated heterocycles. The molecule has 0 spiro atoms. The number of nitrogens with one attached hydrogen (secondary N) is 2. The average molecular weight is 386 g/mol. The fraction of sp³-hybridized carbons (Fsp3) is 0.300. The van der Waals surface area contributed by atoms with E-state index in [4.69, 9.17) is 18.9 Å². The summed E-state index contributed by atoms with van der Waals surface area (Å²) in [6, 6.07) is 12.3. The Balaban J connectivity index is 1.58. The molecule has 0 bridgehead atoms. The third kappa shape index (κ3) is 4.52. The van der Waals surface area contributed by atoms with Crippen LogP contribution in [0, 0.1) is 0 Å². The zero-order valence-electron chi connectivity index (χ0n) is 15.7. The average Bonchev–Trinajstić information content (AvgIpc) is 2.74. The number of carbonyl (C=O) groups is 2. The summed E-state index contributed by atoms with van der Waals surface area (Å²) in [6.45, 7) is 1.03. The first-order chi connectivity index (χ1) is 13.6. The number of para-hydroxylation sites is 1. The van der Waals surface area contributed by atoms with Crippen LogP contribution in [0.15, 0.2) is 42.5 Å². The lowest BCUT2D eigenvalue weighted by molar-refractivity contribution is -0.136. The Morgan fingerprint density at radius 1 is 1.04 bits per heavy atom. The molecule has 28 heavy (non-hydrogen) atoms. The van der Waals surface area contributed by atoms with E-state index in [0.29, 0.717) is 36.1 Å². The normalized spacial score (nSPS) is 13.4. The van der Waals surface area contributed by atoms with E-state index in [9.17, 15) is 9.59 Å². The molecule has 1 aliphatic rings. The number of hydrogen-bond acceptors (Lipinski definition) is 6. The molecule has 0 saturated carbocycles. The molecule has 0 radical (unpaired) electrons. The van der Waals surface area contributed by atoms with Gasteiger partial charge in [-0.2, -0.15) is 0 Å². The van der Waals surface area contributed by atoms with Crippen LogP contribution in [-0.4, -0.2) is 45.8 Å². The van der Waals surface area contributed by atoms with Crippen molar-refractivity contribution in [2.45, 2.75) is 6.10 Å². The summed E-state index contributed by atoms with van der Waals surface area (Å²) in [7, 11) is 3.09. The highest BCUT2D eigenvalue weighted by Crippen LogP contribution is 2.32. The van der Waals surface area contributed by atoms with Crippen molar-refractivity contribution >= 4 is 17.5 Å². The summed E-state index contributed by atoms with van der Waals surface area (Å²) in [5.74, 6) is 0.219. The third-order valence-electron chi connectivity index (χ3n) is 4.22. The number of hydrogen-bond donors (Lipinski definition) is 2. The van der Waals surface area contributed by atoms with Gasteiger partial charge >= 0.3 is 11.8 Å². The van der Waals surface area contributed by atoms with Crippen molar-refractivity contribution in [1.29, 1.82) is 0 Å². The van der Waals surface area contributed by atoms with E-state index >= 15 is 0 Å². The van der Waals surface area contributed by atoms with Gasteiger partial charge in [-0.05, 0) is 18.2 Å². The van der Waals surface area contributed by atoms with Crippen molar-refractivity contribution in [2.75, 3.05) is 39.3 Å². The van der Waals surface area contributed by atoms with Gasteiger partial charge < -0.3 is 29.6 Å². The third-order valence-corrected chi connectivity index (χ3v) is 4.22. The fourth-order valence-electron chi connectivity index (χ4n) is 2.83. The van der Waals surface area contributed by atoms with E-state index in [1.54, 1.807) is 31.4 Å². The number of rotatable bonds is 6. The minimum atomic E-state index is -0.786. The van der Waals surface area contributed by atoms with Crippen LogP contribution in [0.3, 0.4) is 0 Å². The Morgan fingerprint density at radius 2 is 1.79 bits per heavy atom. The van der Waals surface area contributed by atoms with Gasteiger partial charge in [0.2, 0.25) is 0 Å². The second-order valence-electron chi connectivity index (χ2n) is 5.99. The van der Waals surface area contributed by atoms with Crippen molar-refractivity contribution < 1.29 is 28.5 Å². The molecule has 3 rings (SSSR count). The molecule has 1 heterocycles. The van der Waals surface area contributed by atoms with E-state index in [1.165, 1.54) is 7.11 Å². The first kappa shape index (κ1) is 19.5. The number of anilines is 1. The first-order valence-electron chi connectivity index (χ1n) is 8.77. The Kier molecular flexibility index (Phi) is 6.33. The maximum atomic E-state index is 12.2. The van der Waals surface area contributed by atoms with Gasteiger partial charge in [0, 0.05) is 31.0 Å². The maximum Gasteiger partial charge on any atom is 0.313 e. The summed E-state index contributed by atoms with van der Waals surface area (Å²) in [6.07, 6.45) is -0.456. The zero-order valence-corrected chi connectivity index (χ0v) is 15.7. The SMILES string of the molecule is COc1ccccc1C(CNC(=O)C(=O)Nc1ccc2c(c1)OCCO2)OC. The lowest BCUT2D eigenvalue weighted by atomic mass is 10.1. The highest BCUT2D eigenvalue weighted by molar-refractivity contribution is 6.39. The molecule has 0 fully saturated rings. The lowest BCUT2D eigenvalue weighted by Gasteiger charge is -2.19. The van der Waals surface area contributed by atoms with Gasteiger partial charge in [-0.3, -0.25) is 9.59 Å². The van der Waals surface area contributed by atoms with Gasteiger partial charge in [-0.15, -0.1) is 0 Å². The summed E-state index contributed by atoms with van der Waals surface area (Å²) in [5, 5.41) is 5.12. The minimum absolute atomic E-state index is 0.115. The summed E-state index contributed by atoms with van der Waals surface area (Å²) < 4.78 is 21.6. The molecule has 0 aliphatic carbocycles. The van der Waals surface area contributed by atoms with Crippen LogP contribution >= 0.6 is 0 Å². The Hall–Kier alpha value is -3.26. The van der Waals surface area contributed by atoms with Crippen LogP contribution in [0.5, 0.6) is 17.2 Å². The molecule has 2 aromatic rings. The van der Waals surface area contributed by atoms with Crippen molar-refractivity contribution in [3.05, 3.63) is 48.0 Å². The van der Waals surface area contributed by atoms with Crippen LogP contribution in [0.2, 0.25) is 0 Å². The molecule has 1 aliphatic heterocycles. The molecular formula is C20H22N2O6. The Morgan fingerprint density at radius 3 is 2.54 bits per heavy atom. The van der Waals surface area contributed by atoms with Crippen LogP contribution in [0.1, 0.15) is 11.7 Å². The monoisotopic (exact) mass is 386 g/mol. The summed E-state index contributed by atoms with van der Waals surface area (Å²) in [4.78, 5) is 24.4. The summed E-state index contributed by atoms with van der Waals surface area (Å²) >= 11 is 0. The molecule has 148 valence electrons. The predicted molar refractivity (Wildman–Crippen MR) is 102 cm³/mol. The minimum Gasteiger partial charge on any atom is -0.496 e. The second-order valence-corrected chi connectivity index (χ2v) is 5.99. The fourth-order valence-corrected chi connectivity index (χ4v) is 2.83. The molecule has 2 aromatic carbocycles. The molecule has 1 unspecified atom stereocenters. The number of carbonyl (C=O) groups excluding carboxylic acids is 2. The van der Waals surface area contributed by atoms with Crippen molar-refractivity contribution in [1.82, 2.24) is 5.32 Å². The number of ether oxygens (including phenoxy) is 4. The predicted octanol–water partition coefficient (Wildman–Crippen LogP) is 1.91. The van der Waals surface area contributed by atoms with E-state index in [-0.39, 0.29) is 6.54 Å². The van der Waals surface area contributed by atoms with Gasteiger partial charge in [0.25, 0.3) is 0 Å². The van der Waals surface area contributed by atoms with E-state index in [2.05, 4.69) is 10.6 Å². The van der Waals surface area contributed by atoms with Crippen LogP contribution in [-0.2, 0) is 14.3 Å². The topological polar surface area (TPSA) is 95.1 Å². The van der Waals surface area contributed by atoms with Crippen molar-refractivity contribution in [2.24, 2.45) is 0 Å². The Labute approximate surface area is 162 Å². The van der Waals surface area contributed by atoms with Crippen molar-refractivity contribution in [3.8, 4) is 17.2 Å². The highest BCUT2D eigenvalue weighted by atomic mass is 16.6. The number of fused-ring (bicyclic) bond motifs is 1. The first-order valence-corrected chi connectivity index (χ1v) is 8.77. The number of benzene rings is 2. The molecule has 8 nitrogen and oxygen atoms in total. The highest BCUT2D eigenvalue weighted by Gasteiger charge is 2.20. The van der Waals surface area contributed by atoms with Crippen molar-refractivity contribution in [3.63, 3.8) is 0 Å². The second kappa shape index (κ2) is 9.09. The molecule has 2 amide bonds. The van der Waals surface area contributed by atoms with Crippen LogP contribution in [0.4, 0.5) is 5.69 Å². The van der Waals surface area contributed by atoms with Gasteiger partial charge in [-0.1, -0.05) is 18.2 Å². The van der Waals surface area contributed by atoms with E-state index in [1.807, 2.05) is 18.2 Å². The standard InChI is InChI=1S/C20H22N2O6/c1-25-15-6-4-3-5-14(15)18(26-2)12-21-19(23)20(24)22-13-7-8-16-17(11-13)28-10-9-27-16/h3-8,11,18H,9-10,12H2,1-2H3,(H,21,23)(H,22,24). The van der Waals surface area contributed by atoms with Gasteiger partial charge in [-0.25, -0.2) is 0 Å². The molecule has 2 N–H and O–H groups in total. The van der Waals surface area contributed by atoms with Gasteiger partial charge in [0.05, 0.1) is 7.11 Å². The molecular weight excluding hydrogens is 364 g/mol. The lowest BCUT2D eigenvalue weighted by Crippen LogP contribution is -2.38. The molecule has 8 heteroatoms. The number of amides is 2. The smallest absolute Gasteiger partial charge is 0.313 e. The quantitative estimate of drug-likeness (QED) is 0.737. The van der Waals surface area contributed by atoms with Crippen LogP contribution < -0.4 is 24.8 Å². The Bertz CT molecular complexity index is 854. The van der Waals surface area contributed by atoms with E-state index in [0.717, 1.165) is 5.56 Å². The molecule has 1 atom stereocenters. The summed E-state index contributed by atoms with van der Waals surface area (Å²) in [5.41, 5.74) is 1.22. The maximum absolute atomic E-state index is 12.2. The largest absolute Gasteiger partial charge is 0.496 e. The van der Waals surface area contributed by atoms with Gasteiger partial charge in [0.15, 0.2) is 11.5 Å². The van der Waals surface area contributed by atoms with E-state index < -0.39 is 17.9 Å². The number of methoxy groups -OCH3 is 2. The zero-order chi connectivity index (χ0) is 19.9. The molecule has 0 aromatic heterocycles. The van der Waals surface area contributed by atoms with Gasteiger partial charge in [0.1, 0.15) is 25.1 Å². The van der Waals surface area contributed by atoms with Crippen LogP contribution in [0.25, 0.3) is 0 Å².